The van der Waals surface area contributed by atoms with E-state index in [4.69, 9.17) is 14.7 Å². The molecule has 2 aliphatic rings. The van der Waals surface area contributed by atoms with E-state index in [0.29, 0.717) is 17.8 Å². The molecule has 0 spiro atoms. The van der Waals surface area contributed by atoms with Crippen LogP contribution in [0, 0.1) is 29.0 Å². The van der Waals surface area contributed by atoms with Crippen LogP contribution in [0.1, 0.15) is 68.9 Å². The van der Waals surface area contributed by atoms with Crippen LogP contribution in [0.5, 0.6) is 0 Å². The van der Waals surface area contributed by atoms with Gasteiger partial charge in [0, 0.05) is 11.8 Å². The van der Waals surface area contributed by atoms with Crippen LogP contribution in [0.2, 0.25) is 0 Å². The molecule has 2 fully saturated rings. The third-order valence-electron chi connectivity index (χ3n) is 5.95. The van der Waals surface area contributed by atoms with Crippen LogP contribution in [0.3, 0.4) is 0 Å². The lowest BCUT2D eigenvalue weighted by molar-refractivity contribution is -0.229. The average molecular weight is 371 g/mol. The van der Waals surface area contributed by atoms with E-state index in [-0.39, 0.29) is 11.9 Å². The Labute approximate surface area is 162 Å². The molecule has 0 N–H and O–H groups in total. The molecule has 1 saturated carbocycles. The highest BCUT2D eigenvalue weighted by Crippen LogP contribution is 2.39. The highest BCUT2D eigenvalue weighted by molar-refractivity contribution is 5.34. The van der Waals surface area contributed by atoms with Crippen LogP contribution in [-0.2, 0) is 9.47 Å². The average Bonchev–Trinajstić information content (AvgIpc) is 2.72. The molecule has 3 rings (SSSR count). The summed E-state index contributed by atoms with van der Waals surface area (Å²) >= 11 is 0. The summed E-state index contributed by atoms with van der Waals surface area (Å²) in [5.74, 6) is 0.918. The fourth-order valence-electron chi connectivity index (χ4n) is 4.29. The summed E-state index contributed by atoms with van der Waals surface area (Å²) in [5.41, 5.74) is 1.13. The van der Waals surface area contributed by atoms with Gasteiger partial charge in [0.2, 0.25) is 0 Å². The summed E-state index contributed by atoms with van der Waals surface area (Å²) < 4.78 is 26.0. The van der Waals surface area contributed by atoms with Crippen molar-refractivity contribution in [3.05, 3.63) is 47.3 Å². The molecule has 0 unspecified atom stereocenters. The van der Waals surface area contributed by atoms with E-state index in [9.17, 15) is 4.39 Å². The van der Waals surface area contributed by atoms with Crippen molar-refractivity contribution in [3.63, 3.8) is 0 Å². The molecule has 1 saturated heterocycles. The lowest BCUT2D eigenvalue weighted by Crippen LogP contribution is -2.38. The van der Waals surface area contributed by atoms with Gasteiger partial charge in [-0.25, -0.2) is 4.39 Å². The summed E-state index contributed by atoms with van der Waals surface area (Å²) in [5, 5.41) is 8.87. The van der Waals surface area contributed by atoms with Crippen LogP contribution in [0.15, 0.2) is 30.4 Å². The second kappa shape index (κ2) is 10.0. The molecular weight excluding hydrogens is 341 g/mol. The molecule has 0 aromatic heterocycles. The summed E-state index contributed by atoms with van der Waals surface area (Å²) in [6.07, 6.45) is 11.9. The Morgan fingerprint density at radius 3 is 2.56 bits per heavy atom. The first-order valence-corrected chi connectivity index (χ1v) is 10.2. The molecule has 1 aromatic carbocycles. The van der Waals surface area contributed by atoms with E-state index in [2.05, 4.69) is 19.1 Å². The minimum Gasteiger partial charge on any atom is -0.352 e. The monoisotopic (exact) mass is 371 g/mol. The quantitative estimate of drug-likeness (QED) is 0.475. The van der Waals surface area contributed by atoms with E-state index in [0.717, 1.165) is 57.3 Å². The van der Waals surface area contributed by atoms with Gasteiger partial charge in [0.05, 0.1) is 18.8 Å². The number of nitriles is 1. The van der Waals surface area contributed by atoms with Crippen molar-refractivity contribution in [2.24, 2.45) is 11.8 Å². The Bertz CT molecular complexity index is 665. The minimum atomic E-state index is -0.406. The van der Waals surface area contributed by atoms with Crippen molar-refractivity contribution in [3.8, 4) is 6.07 Å². The number of rotatable bonds is 6. The maximum atomic E-state index is 13.9. The first kappa shape index (κ1) is 20.0. The van der Waals surface area contributed by atoms with Crippen molar-refractivity contribution in [2.75, 3.05) is 13.2 Å². The predicted octanol–water partition coefficient (Wildman–Crippen LogP) is 5.71. The third kappa shape index (κ3) is 5.40. The molecule has 1 aliphatic heterocycles. The number of unbranched alkanes of at least 4 members (excludes halogenated alkanes) is 1. The molecule has 0 radical (unpaired) electrons. The number of ether oxygens (including phenoxy) is 2. The van der Waals surface area contributed by atoms with E-state index < -0.39 is 5.82 Å². The van der Waals surface area contributed by atoms with Crippen molar-refractivity contribution in [1.29, 1.82) is 5.26 Å². The Balaban J connectivity index is 1.42. The fraction of sp³-hybridized carbons (Fsp3) is 0.609. The maximum absolute atomic E-state index is 13.9. The summed E-state index contributed by atoms with van der Waals surface area (Å²) in [6, 6.07) is 6.92. The summed E-state index contributed by atoms with van der Waals surface area (Å²) in [6.45, 7) is 3.67. The van der Waals surface area contributed by atoms with Crippen LogP contribution < -0.4 is 0 Å². The number of hydrogen-bond acceptors (Lipinski definition) is 3. The van der Waals surface area contributed by atoms with Gasteiger partial charge in [-0.3, -0.25) is 0 Å². The molecule has 146 valence electrons. The van der Waals surface area contributed by atoms with Gasteiger partial charge >= 0.3 is 0 Å². The molecule has 1 aliphatic carbocycles. The second-order valence-corrected chi connectivity index (χ2v) is 7.86. The molecule has 4 heteroatoms. The summed E-state index contributed by atoms with van der Waals surface area (Å²) in [4.78, 5) is 0. The number of nitrogens with zero attached hydrogens (tertiary/aromatic N) is 1. The van der Waals surface area contributed by atoms with Gasteiger partial charge in [0.1, 0.15) is 11.9 Å². The smallest absolute Gasteiger partial charge is 0.160 e. The first-order valence-electron chi connectivity index (χ1n) is 10.2. The van der Waals surface area contributed by atoms with Gasteiger partial charge in [0.25, 0.3) is 0 Å². The molecule has 0 bridgehead atoms. The van der Waals surface area contributed by atoms with Crippen molar-refractivity contribution >= 4 is 0 Å². The van der Waals surface area contributed by atoms with Gasteiger partial charge in [-0.2, -0.15) is 5.26 Å². The molecule has 1 aromatic rings. The lowest BCUT2D eigenvalue weighted by Gasteiger charge is -2.37. The van der Waals surface area contributed by atoms with Crippen LogP contribution in [0.25, 0.3) is 0 Å². The highest BCUT2D eigenvalue weighted by atomic mass is 19.1. The third-order valence-corrected chi connectivity index (χ3v) is 5.95. The van der Waals surface area contributed by atoms with Crippen LogP contribution in [-0.4, -0.2) is 19.5 Å². The molecule has 27 heavy (non-hydrogen) atoms. The Morgan fingerprint density at radius 1 is 1.19 bits per heavy atom. The first-order chi connectivity index (χ1) is 13.2. The van der Waals surface area contributed by atoms with Gasteiger partial charge in [0.15, 0.2) is 6.29 Å². The largest absolute Gasteiger partial charge is 0.352 e. The van der Waals surface area contributed by atoms with Gasteiger partial charge in [-0.05, 0) is 75.5 Å². The van der Waals surface area contributed by atoms with Gasteiger partial charge < -0.3 is 9.47 Å². The Kier molecular flexibility index (Phi) is 7.43. The second-order valence-electron chi connectivity index (χ2n) is 7.86. The molecule has 0 atom stereocenters. The Morgan fingerprint density at radius 2 is 1.93 bits per heavy atom. The van der Waals surface area contributed by atoms with Crippen LogP contribution in [0.4, 0.5) is 4.39 Å². The normalized spacial score (nSPS) is 28.9. The zero-order valence-electron chi connectivity index (χ0n) is 16.2. The predicted molar refractivity (Wildman–Crippen MR) is 104 cm³/mol. The number of halogens is 1. The van der Waals surface area contributed by atoms with Gasteiger partial charge in [-0.1, -0.05) is 18.2 Å². The number of hydrogen-bond donors (Lipinski definition) is 0. The molecular formula is C23H30FNO2. The van der Waals surface area contributed by atoms with E-state index in [1.165, 1.54) is 12.5 Å². The van der Waals surface area contributed by atoms with Crippen molar-refractivity contribution < 1.29 is 13.9 Å². The van der Waals surface area contributed by atoms with Crippen LogP contribution >= 0.6 is 0 Å². The van der Waals surface area contributed by atoms with Crippen molar-refractivity contribution in [1.82, 2.24) is 0 Å². The lowest BCUT2D eigenvalue weighted by atomic mass is 9.78. The number of allylic oxidation sites excluding steroid dienone is 2. The van der Waals surface area contributed by atoms with E-state index in [1.807, 2.05) is 12.1 Å². The SMILES string of the molecule is C/C=C\CCC[C@H]1CO[C@H](C2CCC(c3ccc(C#N)c(F)c3)CC2)OC1. The minimum absolute atomic E-state index is 0.0737. The van der Waals surface area contributed by atoms with Crippen molar-refractivity contribution in [2.45, 2.75) is 64.1 Å². The van der Waals surface area contributed by atoms with Gasteiger partial charge in [-0.15, -0.1) is 0 Å². The summed E-state index contributed by atoms with van der Waals surface area (Å²) in [7, 11) is 0. The molecule has 3 nitrogen and oxygen atoms in total. The highest BCUT2D eigenvalue weighted by Gasteiger charge is 2.32. The standard InChI is InChI=1S/C23H30FNO2/c1-2-3-4-5-6-17-15-26-23(27-16-17)19-9-7-18(8-10-19)20-11-12-21(14-25)22(24)13-20/h2-3,11-13,17-19,23H,4-10,15-16H2,1H3/b3-2-/t17-,18?,19?,23-. The zero-order valence-corrected chi connectivity index (χ0v) is 16.2. The topological polar surface area (TPSA) is 42.2 Å². The number of benzene rings is 1. The molecule has 1 heterocycles. The zero-order chi connectivity index (χ0) is 19.1. The van der Waals surface area contributed by atoms with E-state index >= 15 is 0 Å². The maximum Gasteiger partial charge on any atom is 0.160 e. The fourth-order valence-corrected chi connectivity index (χ4v) is 4.29. The molecule has 0 amide bonds. The Hall–Kier alpha value is -1.70. The van der Waals surface area contributed by atoms with E-state index in [1.54, 1.807) is 6.07 Å².